The van der Waals surface area contributed by atoms with E-state index in [1.54, 1.807) is 0 Å². The molecule has 1 atom stereocenters. The van der Waals surface area contributed by atoms with Crippen molar-refractivity contribution < 1.29 is 18.7 Å². The number of carbonyl (C=O) groups is 1. The smallest absolute Gasteiger partial charge is 0.407 e. The van der Waals surface area contributed by atoms with Crippen LogP contribution in [0.25, 0.3) is 0 Å². The Morgan fingerprint density at radius 1 is 1.73 bits per heavy atom. The molecular formula is C9H9FN2O3. The van der Waals surface area contributed by atoms with E-state index >= 15 is 0 Å². The first-order valence-electron chi connectivity index (χ1n) is 4.33. The van der Waals surface area contributed by atoms with E-state index in [0.29, 0.717) is 5.56 Å². The number of nitrogens with zero attached hydrogens (tertiary/aromatic N) is 1. The van der Waals surface area contributed by atoms with Crippen molar-refractivity contribution in [1.82, 2.24) is 10.3 Å². The van der Waals surface area contributed by atoms with E-state index in [1.807, 2.05) is 0 Å². The lowest BCUT2D eigenvalue weighted by molar-refractivity contribution is 0.176. The molecule has 1 N–H and O–H groups in total. The molecule has 0 saturated carbocycles. The second-order valence-electron chi connectivity index (χ2n) is 3.05. The van der Waals surface area contributed by atoms with E-state index in [0.717, 1.165) is 6.20 Å². The summed E-state index contributed by atoms with van der Waals surface area (Å²) in [5, 5.41) is 2.52. The second-order valence-corrected chi connectivity index (χ2v) is 3.05. The molecule has 15 heavy (non-hydrogen) atoms. The molecule has 6 heteroatoms. The minimum atomic E-state index is -0.522. The Bertz CT molecular complexity index is 397. The fourth-order valence-corrected chi connectivity index (χ4v) is 1.41. The molecule has 1 saturated heterocycles. The molecule has 0 bridgehead atoms. The Balaban J connectivity index is 2.33. The number of ether oxygens (including phenoxy) is 2. The van der Waals surface area contributed by atoms with Gasteiger partial charge in [0.25, 0.3) is 0 Å². The van der Waals surface area contributed by atoms with Crippen LogP contribution < -0.4 is 10.1 Å². The molecular weight excluding hydrogens is 203 g/mol. The zero-order valence-electron chi connectivity index (χ0n) is 7.99. The fraction of sp³-hybridized carbons (Fsp3) is 0.333. The number of pyridine rings is 1. The third kappa shape index (κ3) is 1.83. The predicted molar refractivity (Wildman–Crippen MR) is 48.0 cm³/mol. The number of hydrogen-bond acceptors (Lipinski definition) is 4. The van der Waals surface area contributed by atoms with Gasteiger partial charge in [-0.15, -0.1) is 0 Å². The molecule has 2 rings (SSSR count). The number of carbonyl (C=O) groups excluding carboxylic acids is 1. The average Bonchev–Trinajstić information content (AvgIpc) is 2.65. The first kappa shape index (κ1) is 9.70. The topological polar surface area (TPSA) is 60.5 Å². The highest BCUT2D eigenvalue weighted by atomic mass is 19.1. The lowest BCUT2D eigenvalue weighted by atomic mass is 10.1. The third-order valence-corrected chi connectivity index (χ3v) is 2.09. The molecule has 5 nitrogen and oxygen atoms in total. The largest absolute Gasteiger partial charge is 0.481 e. The maximum atomic E-state index is 13.0. The molecule has 2 heterocycles. The van der Waals surface area contributed by atoms with Crippen LogP contribution in [0.1, 0.15) is 11.6 Å². The number of nitrogens with one attached hydrogen (secondary N) is 1. The second kappa shape index (κ2) is 3.72. The van der Waals surface area contributed by atoms with Crippen LogP contribution in [-0.2, 0) is 4.74 Å². The van der Waals surface area contributed by atoms with Crippen LogP contribution in [0, 0.1) is 5.82 Å². The SMILES string of the molecule is COc1ncc(F)cc1C1COC(=O)N1. The number of cyclic esters (lactones) is 1. The molecule has 1 amide bonds. The molecule has 0 radical (unpaired) electrons. The van der Waals surface area contributed by atoms with Crippen LogP contribution in [0.4, 0.5) is 9.18 Å². The van der Waals surface area contributed by atoms with Gasteiger partial charge in [-0.2, -0.15) is 0 Å². The first-order valence-corrected chi connectivity index (χ1v) is 4.33. The lowest BCUT2D eigenvalue weighted by Gasteiger charge is -2.11. The summed E-state index contributed by atoms with van der Waals surface area (Å²) in [7, 11) is 1.43. The molecule has 1 aliphatic heterocycles. The third-order valence-electron chi connectivity index (χ3n) is 2.09. The Morgan fingerprint density at radius 3 is 3.13 bits per heavy atom. The monoisotopic (exact) mass is 212 g/mol. The van der Waals surface area contributed by atoms with Gasteiger partial charge >= 0.3 is 6.09 Å². The van der Waals surface area contributed by atoms with Crippen molar-refractivity contribution in [3.8, 4) is 5.88 Å². The van der Waals surface area contributed by atoms with Crippen molar-refractivity contribution in [1.29, 1.82) is 0 Å². The van der Waals surface area contributed by atoms with E-state index in [4.69, 9.17) is 9.47 Å². The average molecular weight is 212 g/mol. The Hall–Kier alpha value is -1.85. The highest BCUT2D eigenvalue weighted by Gasteiger charge is 2.27. The van der Waals surface area contributed by atoms with Gasteiger partial charge < -0.3 is 14.8 Å². The van der Waals surface area contributed by atoms with Gasteiger partial charge in [0.1, 0.15) is 12.4 Å². The predicted octanol–water partition coefficient (Wildman–Crippen LogP) is 1.01. The van der Waals surface area contributed by atoms with E-state index in [1.165, 1.54) is 13.2 Å². The van der Waals surface area contributed by atoms with Gasteiger partial charge in [0.2, 0.25) is 5.88 Å². The fourth-order valence-electron chi connectivity index (χ4n) is 1.41. The van der Waals surface area contributed by atoms with Crippen molar-refractivity contribution >= 4 is 6.09 Å². The van der Waals surface area contributed by atoms with E-state index in [-0.39, 0.29) is 12.5 Å². The van der Waals surface area contributed by atoms with Crippen LogP contribution >= 0.6 is 0 Å². The van der Waals surface area contributed by atoms with Crippen LogP contribution in [0.5, 0.6) is 5.88 Å². The zero-order valence-corrected chi connectivity index (χ0v) is 7.99. The number of hydrogen-bond donors (Lipinski definition) is 1. The zero-order chi connectivity index (χ0) is 10.8. The summed E-state index contributed by atoms with van der Waals surface area (Å²) in [5.74, 6) is -0.195. The van der Waals surface area contributed by atoms with Crippen molar-refractivity contribution in [2.75, 3.05) is 13.7 Å². The number of rotatable bonds is 2. The molecule has 0 aliphatic carbocycles. The van der Waals surface area contributed by atoms with Gasteiger partial charge in [-0.3, -0.25) is 0 Å². The maximum absolute atomic E-state index is 13.0. The van der Waals surface area contributed by atoms with Crippen molar-refractivity contribution in [3.63, 3.8) is 0 Å². The minimum absolute atomic E-state index is 0.153. The highest BCUT2D eigenvalue weighted by molar-refractivity contribution is 5.70. The summed E-state index contributed by atoms with van der Waals surface area (Å²) in [6.45, 7) is 0.153. The number of halogens is 1. The number of alkyl carbamates (subject to hydrolysis) is 1. The van der Waals surface area contributed by atoms with Gasteiger partial charge in [-0.25, -0.2) is 14.2 Å². The van der Waals surface area contributed by atoms with Crippen LogP contribution in [-0.4, -0.2) is 24.8 Å². The van der Waals surface area contributed by atoms with E-state index < -0.39 is 18.0 Å². The van der Waals surface area contributed by atoms with E-state index in [9.17, 15) is 9.18 Å². The van der Waals surface area contributed by atoms with Gasteiger partial charge in [0, 0.05) is 5.56 Å². The lowest BCUT2D eigenvalue weighted by Crippen LogP contribution is -2.19. The van der Waals surface area contributed by atoms with Crippen molar-refractivity contribution in [2.24, 2.45) is 0 Å². The van der Waals surface area contributed by atoms with Crippen LogP contribution in [0.2, 0.25) is 0 Å². The molecule has 1 aromatic rings. The Labute approximate surface area is 85.2 Å². The molecule has 1 aliphatic rings. The molecule has 1 unspecified atom stereocenters. The van der Waals surface area contributed by atoms with Crippen LogP contribution in [0.15, 0.2) is 12.3 Å². The van der Waals surface area contributed by atoms with Crippen molar-refractivity contribution in [3.05, 3.63) is 23.6 Å². The number of methoxy groups -OCH3 is 1. The molecule has 1 fully saturated rings. The molecule has 1 aromatic heterocycles. The number of amides is 1. The quantitative estimate of drug-likeness (QED) is 0.794. The summed E-state index contributed by atoms with van der Waals surface area (Å²) in [6, 6.07) is 0.862. The normalized spacial score (nSPS) is 19.6. The first-order chi connectivity index (χ1) is 7.20. The van der Waals surface area contributed by atoms with Gasteiger partial charge in [0.15, 0.2) is 0 Å². The molecule has 80 valence electrons. The summed E-state index contributed by atoms with van der Waals surface area (Å²) in [5.41, 5.74) is 0.475. The van der Waals surface area contributed by atoms with E-state index in [2.05, 4.69) is 10.3 Å². The Morgan fingerprint density at radius 2 is 2.53 bits per heavy atom. The highest BCUT2D eigenvalue weighted by Crippen LogP contribution is 2.26. The standard InChI is InChI=1S/C9H9FN2O3/c1-14-8-6(2-5(10)3-11-8)7-4-15-9(13)12-7/h2-3,7H,4H2,1H3,(H,12,13). The summed E-state index contributed by atoms with van der Waals surface area (Å²) >= 11 is 0. The summed E-state index contributed by atoms with van der Waals surface area (Å²) in [4.78, 5) is 14.6. The summed E-state index contributed by atoms with van der Waals surface area (Å²) in [6.07, 6.45) is 0.534. The molecule has 0 aromatic carbocycles. The van der Waals surface area contributed by atoms with Crippen LogP contribution in [0.3, 0.4) is 0 Å². The summed E-state index contributed by atoms with van der Waals surface area (Å²) < 4.78 is 22.6. The Kier molecular flexibility index (Phi) is 2.40. The molecule has 0 spiro atoms. The van der Waals surface area contributed by atoms with Gasteiger partial charge in [-0.05, 0) is 6.07 Å². The van der Waals surface area contributed by atoms with Gasteiger partial charge in [-0.1, -0.05) is 0 Å². The number of aromatic nitrogens is 1. The van der Waals surface area contributed by atoms with Crippen molar-refractivity contribution in [2.45, 2.75) is 6.04 Å². The minimum Gasteiger partial charge on any atom is -0.481 e. The maximum Gasteiger partial charge on any atom is 0.407 e. The van der Waals surface area contributed by atoms with Gasteiger partial charge in [0.05, 0.1) is 19.3 Å².